The maximum atomic E-state index is 4.31. The van der Waals surface area contributed by atoms with Gasteiger partial charge in [-0.2, -0.15) is 5.10 Å². The van der Waals surface area contributed by atoms with Gasteiger partial charge in [-0.1, -0.05) is 0 Å². The fourth-order valence-electron chi connectivity index (χ4n) is 1.50. The molecule has 0 unspecified atom stereocenters. The van der Waals surface area contributed by atoms with E-state index in [9.17, 15) is 0 Å². The van der Waals surface area contributed by atoms with Crippen LogP contribution in [-0.2, 0) is 20.1 Å². The third-order valence-corrected chi connectivity index (χ3v) is 2.16. The van der Waals surface area contributed by atoms with Crippen LogP contribution in [0.1, 0.15) is 11.4 Å². The summed E-state index contributed by atoms with van der Waals surface area (Å²) in [5.41, 5.74) is 2.10. The molecule has 80 valence electrons. The van der Waals surface area contributed by atoms with E-state index in [1.165, 1.54) is 0 Å². The van der Waals surface area contributed by atoms with Gasteiger partial charge < -0.3 is 9.88 Å². The summed E-state index contributed by atoms with van der Waals surface area (Å²) in [6.07, 6.45) is 5.81. The van der Waals surface area contributed by atoms with Gasteiger partial charge in [0.1, 0.15) is 0 Å². The van der Waals surface area contributed by atoms with Gasteiger partial charge in [0.15, 0.2) is 0 Å². The molecule has 0 spiro atoms. The van der Waals surface area contributed by atoms with Crippen LogP contribution < -0.4 is 5.32 Å². The van der Waals surface area contributed by atoms with Crippen molar-refractivity contribution in [1.82, 2.24) is 24.6 Å². The highest BCUT2D eigenvalue weighted by Crippen LogP contribution is 2.01. The zero-order valence-corrected chi connectivity index (χ0v) is 9.01. The van der Waals surface area contributed by atoms with Crippen LogP contribution in [0.15, 0.2) is 24.8 Å². The average Bonchev–Trinajstić information content (AvgIpc) is 2.78. The average molecular weight is 205 g/mol. The lowest BCUT2D eigenvalue weighted by Gasteiger charge is -1.97. The molecule has 5 heteroatoms. The van der Waals surface area contributed by atoms with E-state index in [1.807, 2.05) is 43.4 Å². The van der Waals surface area contributed by atoms with Crippen molar-refractivity contribution in [2.45, 2.75) is 13.1 Å². The number of imidazole rings is 1. The molecule has 0 saturated carbocycles. The standard InChI is InChI=1S/C10H15N5/c1-11-5-10-7-15(8-12-10)6-9-3-4-14(2)13-9/h3-4,7-8,11H,5-6H2,1-2H3. The van der Waals surface area contributed by atoms with Gasteiger partial charge in [-0.15, -0.1) is 0 Å². The van der Waals surface area contributed by atoms with Crippen LogP contribution >= 0.6 is 0 Å². The summed E-state index contributed by atoms with van der Waals surface area (Å²) in [5, 5.41) is 7.38. The van der Waals surface area contributed by atoms with Gasteiger partial charge in [-0.25, -0.2) is 4.98 Å². The van der Waals surface area contributed by atoms with Crippen LogP contribution in [0.4, 0.5) is 0 Å². The number of aromatic nitrogens is 4. The van der Waals surface area contributed by atoms with Gasteiger partial charge >= 0.3 is 0 Å². The third-order valence-electron chi connectivity index (χ3n) is 2.16. The van der Waals surface area contributed by atoms with Crippen LogP contribution in [0.5, 0.6) is 0 Å². The lowest BCUT2D eigenvalue weighted by Crippen LogP contribution is -2.05. The van der Waals surface area contributed by atoms with Crippen molar-refractivity contribution in [3.05, 3.63) is 36.2 Å². The van der Waals surface area contributed by atoms with E-state index in [0.29, 0.717) is 0 Å². The van der Waals surface area contributed by atoms with Crippen LogP contribution in [0.25, 0.3) is 0 Å². The maximum absolute atomic E-state index is 4.31. The minimum atomic E-state index is 0.775. The maximum Gasteiger partial charge on any atom is 0.0953 e. The second-order valence-corrected chi connectivity index (χ2v) is 3.55. The second kappa shape index (κ2) is 4.27. The molecule has 1 N–H and O–H groups in total. The Morgan fingerprint density at radius 1 is 1.40 bits per heavy atom. The van der Waals surface area contributed by atoms with E-state index >= 15 is 0 Å². The zero-order chi connectivity index (χ0) is 10.7. The summed E-state index contributed by atoms with van der Waals surface area (Å²) < 4.78 is 3.84. The molecular weight excluding hydrogens is 190 g/mol. The largest absolute Gasteiger partial charge is 0.331 e. The molecule has 0 aliphatic rings. The van der Waals surface area contributed by atoms with Gasteiger partial charge in [0.25, 0.3) is 0 Å². The fourth-order valence-corrected chi connectivity index (χ4v) is 1.50. The summed E-state index contributed by atoms with van der Waals surface area (Å²) >= 11 is 0. The van der Waals surface area contributed by atoms with E-state index < -0.39 is 0 Å². The minimum Gasteiger partial charge on any atom is -0.331 e. The van der Waals surface area contributed by atoms with Crippen molar-refractivity contribution in [2.24, 2.45) is 7.05 Å². The molecule has 0 bridgehead atoms. The third kappa shape index (κ3) is 2.44. The predicted molar refractivity (Wildman–Crippen MR) is 57.3 cm³/mol. The normalized spacial score (nSPS) is 10.8. The highest BCUT2D eigenvalue weighted by molar-refractivity contribution is 5.03. The number of nitrogens with zero attached hydrogens (tertiary/aromatic N) is 4. The molecular formula is C10H15N5. The second-order valence-electron chi connectivity index (χ2n) is 3.55. The van der Waals surface area contributed by atoms with Crippen LogP contribution in [0, 0.1) is 0 Å². The summed E-state index contributed by atoms with van der Waals surface area (Å²) in [4.78, 5) is 4.27. The molecule has 0 aliphatic heterocycles. The van der Waals surface area contributed by atoms with E-state index in [0.717, 1.165) is 24.5 Å². The topological polar surface area (TPSA) is 47.7 Å². The predicted octanol–water partition coefficient (Wildman–Crippen LogP) is 0.384. The Morgan fingerprint density at radius 3 is 2.93 bits per heavy atom. The monoisotopic (exact) mass is 205 g/mol. The van der Waals surface area contributed by atoms with Crippen LogP contribution in [0.2, 0.25) is 0 Å². The van der Waals surface area contributed by atoms with Crippen molar-refractivity contribution < 1.29 is 0 Å². The summed E-state index contributed by atoms with van der Waals surface area (Å²) in [6.45, 7) is 1.58. The van der Waals surface area contributed by atoms with Gasteiger partial charge in [-0.3, -0.25) is 4.68 Å². The molecule has 0 amide bonds. The van der Waals surface area contributed by atoms with Crippen LogP contribution in [-0.4, -0.2) is 26.4 Å². The molecule has 0 fully saturated rings. The first-order valence-electron chi connectivity index (χ1n) is 4.91. The Bertz CT molecular complexity index is 428. The summed E-state index contributed by atoms with van der Waals surface area (Å²) in [5.74, 6) is 0. The van der Waals surface area contributed by atoms with Gasteiger partial charge in [0.2, 0.25) is 0 Å². The first-order chi connectivity index (χ1) is 7.28. The van der Waals surface area contributed by atoms with Crippen molar-refractivity contribution in [2.75, 3.05) is 7.05 Å². The Labute approximate surface area is 88.7 Å². The molecule has 0 aromatic carbocycles. The summed E-state index contributed by atoms with van der Waals surface area (Å²) in [7, 11) is 3.83. The lowest BCUT2D eigenvalue weighted by atomic mass is 10.4. The molecule has 0 radical (unpaired) electrons. The van der Waals surface area contributed by atoms with Crippen molar-refractivity contribution in [3.63, 3.8) is 0 Å². The summed E-state index contributed by atoms with van der Waals surface area (Å²) in [6, 6.07) is 2.01. The van der Waals surface area contributed by atoms with Crippen molar-refractivity contribution in [1.29, 1.82) is 0 Å². The van der Waals surface area contributed by atoms with E-state index in [-0.39, 0.29) is 0 Å². The van der Waals surface area contributed by atoms with E-state index in [2.05, 4.69) is 15.4 Å². The molecule has 5 nitrogen and oxygen atoms in total. The number of hydrogen-bond acceptors (Lipinski definition) is 3. The van der Waals surface area contributed by atoms with Crippen molar-refractivity contribution in [3.8, 4) is 0 Å². The molecule has 0 aliphatic carbocycles. The van der Waals surface area contributed by atoms with Gasteiger partial charge in [-0.05, 0) is 13.1 Å². The Balaban J connectivity index is 2.04. The number of hydrogen-bond donors (Lipinski definition) is 1. The molecule has 2 aromatic heterocycles. The van der Waals surface area contributed by atoms with E-state index in [1.54, 1.807) is 4.68 Å². The first kappa shape index (κ1) is 9.92. The molecule has 0 saturated heterocycles. The molecule has 0 atom stereocenters. The Kier molecular flexibility index (Phi) is 2.82. The quantitative estimate of drug-likeness (QED) is 0.785. The zero-order valence-electron chi connectivity index (χ0n) is 9.01. The van der Waals surface area contributed by atoms with E-state index in [4.69, 9.17) is 0 Å². The molecule has 2 heterocycles. The smallest absolute Gasteiger partial charge is 0.0953 e. The highest BCUT2D eigenvalue weighted by Gasteiger charge is 2.00. The van der Waals surface area contributed by atoms with Gasteiger partial charge in [0.05, 0.1) is 24.3 Å². The fraction of sp³-hybridized carbons (Fsp3) is 0.400. The Morgan fingerprint density at radius 2 is 2.27 bits per heavy atom. The minimum absolute atomic E-state index is 0.775. The number of rotatable bonds is 4. The number of aryl methyl sites for hydroxylation is 1. The lowest BCUT2D eigenvalue weighted by molar-refractivity contribution is 0.705. The SMILES string of the molecule is CNCc1cn(Cc2ccn(C)n2)cn1. The molecule has 15 heavy (non-hydrogen) atoms. The molecule has 2 rings (SSSR count). The number of nitrogens with one attached hydrogen (secondary N) is 1. The van der Waals surface area contributed by atoms with Crippen LogP contribution in [0.3, 0.4) is 0 Å². The molecule has 2 aromatic rings. The highest BCUT2D eigenvalue weighted by atomic mass is 15.3. The first-order valence-corrected chi connectivity index (χ1v) is 4.91. The van der Waals surface area contributed by atoms with Crippen molar-refractivity contribution >= 4 is 0 Å². The van der Waals surface area contributed by atoms with Gasteiger partial charge in [0, 0.05) is 26.0 Å². The Hall–Kier alpha value is -1.62.